The molecular formula is C15H18F3N3O3. The van der Waals surface area contributed by atoms with Crippen LogP contribution in [0.5, 0.6) is 0 Å². The number of carbonyl (C=O) groups is 2. The Labute approximate surface area is 136 Å². The first kappa shape index (κ1) is 18.1. The minimum Gasteiger partial charge on any atom is -0.384 e. The number of benzene rings is 1. The van der Waals surface area contributed by atoms with Crippen LogP contribution in [0.2, 0.25) is 0 Å². The summed E-state index contributed by atoms with van der Waals surface area (Å²) < 4.78 is 38.0. The molecule has 132 valence electrons. The number of nitrogens with one attached hydrogen (secondary N) is 1. The molecule has 6 nitrogen and oxygen atoms in total. The lowest BCUT2D eigenvalue weighted by Gasteiger charge is -2.35. The van der Waals surface area contributed by atoms with E-state index in [4.69, 9.17) is 0 Å². The number of urea groups is 1. The van der Waals surface area contributed by atoms with Gasteiger partial charge in [0.1, 0.15) is 6.10 Å². The number of hydrogen-bond acceptors (Lipinski definition) is 3. The lowest BCUT2D eigenvalue weighted by Crippen LogP contribution is -2.53. The molecule has 1 heterocycles. The van der Waals surface area contributed by atoms with Gasteiger partial charge in [0.25, 0.3) is 5.91 Å². The van der Waals surface area contributed by atoms with Crippen molar-refractivity contribution in [2.45, 2.75) is 19.2 Å². The maximum absolute atomic E-state index is 12.7. The predicted molar refractivity (Wildman–Crippen MR) is 80.3 cm³/mol. The zero-order chi connectivity index (χ0) is 17.9. The number of anilines is 1. The molecule has 9 heteroatoms. The van der Waals surface area contributed by atoms with Crippen LogP contribution in [0.25, 0.3) is 0 Å². The van der Waals surface area contributed by atoms with Crippen LogP contribution in [0.4, 0.5) is 23.7 Å². The van der Waals surface area contributed by atoms with E-state index in [2.05, 4.69) is 5.32 Å². The van der Waals surface area contributed by atoms with Crippen LogP contribution in [-0.4, -0.2) is 59.1 Å². The summed E-state index contributed by atoms with van der Waals surface area (Å²) in [4.78, 5) is 26.6. The van der Waals surface area contributed by atoms with Crippen LogP contribution >= 0.6 is 0 Å². The van der Waals surface area contributed by atoms with Gasteiger partial charge >= 0.3 is 12.2 Å². The molecule has 0 spiro atoms. The lowest BCUT2D eigenvalue weighted by atomic mass is 10.2. The molecule has 0 saturated carbocycles. The summed E-state index contributed by atoms with van der Waals surface area (Å²) in [5, 5.41) is 11.7. The normalized spacial score (nSPS) is 16.7. The molecule has 24 heavy (non-hydrogen) atoms. The SMILES string of the molecule is CC(O)C(=O)N1CCN(C(=O)Nc2cccc(C(F)(F)F)c2)CC1. The molecule has 1 fully saturated rings. The van der Waals surface area contributed by atoms with Crippen LogP contribution in [0.15, 0.2) is 24.3 Å². The number of aliphatic hydroxyl groups is 1. The Morgan fingerprint density at radius 3 is 2.29 bits per heavy atom. The standard InChI is InChI=1S/C15H18F3N3O3/c1-10(22)13(23)20-5-7-21(8-6-20)14(24)19-12-4-2-3-11(9-12)15(16,17)18/h2-4,9-10,22H,5-8H2,1H3,(H,19,24). The first-order chi connectivity index (χ1) is 11.2. The van der Waals surface area contributed by atoms with Crippen LogP contribution in [0, 0.1) is 0 Å². The zero-order valence-corrected chi connectivity index (χ0v) is 13.0. The van der Waals surface area contributed by atoms with Crippen molar-refractivity contribution >= 4 is 17.6 Å². The van der Waals surface area contributed by atoms with Crippen molar-refractivity contribution in [2.24, 2.45) is 0 Å². The largest absolute Gasteiger partial charge is 0.416 e. The Morgan fingerprint density at radius 2 is 1.75 bits per heavy atom. The number of alkyl halides is 3. The van der Waals surface area contributed by atoms with Crippen LogP contribution in [0.1, 0.15) is 12.5 Å². The number of amides is 3. The van der Waals surface area contributed by atoms with E-state index in [-0.39, 0.29) is 31.9 Å². The number of piperazine rings is 1. The maximum atomic E-state index is 12.7. The Bertz CT molecular complexity index is 611. The third-order valence-corrected chi connectivity index (χ3v) is 3.68. The second-order valence-electron chi connectivity index (χ2n) is 5.50. The van der Waals surface area contributed by atoms with Gasteiger partial charge in [-0.2, -0.15) is 13.2 Å². The Kier molecular flexibility index (Phi) is 5.33. The van der Waals surface area contributed by atoms with Crippen molar-refractivity contribution < 1.29 is 27.9 Å². The summed E-state index contributed by atoms with van der Waals surface area (Å²) in [6.45, 7) is 2.38. The van der Waals surface area contributed by atoms with Gasteiger partial charge in [-0.3, -0.25) is 4.79 Å². The molecule has 1 aromatic carbocycles. The molecule has 0 aliphatic carbocycles. The monoisotopic (exact) mass is 345 g/mol. The molecular weight excluding hydrogens is 327 g/mol. The molecule has 3 amide bonds. The van der Waals surface area contributed by atoms with Crippen LogP contribution in [0.3, 0.4) is 0 Å². The second kappa shape index (κ2) is 7.08. The molecule has 2 rings (SSSR count). The fraction of sp³-hybridized carbons (Fsp3) is 0.467. The summed E-state index contributed by atoms with van der Waals surface area (Å²) in [5.74, 6) is -0.409. The number of rotatable bonds is 2. The van der Waals surface area contributed by atoms with E-state index in [0.29, 0.717) is 0 Å². The first-order valence-corrected chi connectivity index (χ1v) is 7.38. The number of aliphatic hydroxyl groups excluding tert-OH is 1. The summed E-state index contributed by atoms with van der Waals surface area (Å²) in [5.41, 5.74) is -0.787. The molecule has 1 unspecified atom stereocenters. The van der Waals surface area contributed by atoms with Gasteiger partial charge in [0.2, 0.25) is 0 Å². The number of halogens is 3. The van der Waals surface area contributed by atoms with E-state index in [1.165, 1.54) is 28.9 Å². The third-order valence-electron chi connectivity index (χ3n) is 3.68. The van der Waals surface area contributed by atoms with Crippen molar-refractivity contribution in [3.63, 3.8) is 0 Å². The third kappa shape index (κ3) is 4.38. The second-order valence-corrected chi connectivity index (χ2v) is 5.50. The number of carbonyl (C=O) groups excluding carboxylic acids is 2. The van der Waals surface area contributed by atoms with Gasteiger partial charge in [-0.15, -0.1) is 0 Å². The molecule has 0 radical (unpaired) electrons. The van der Waals surface area contributed by atoms with Crippen molar-refractivity contribution in [2.75, 3.05) is 31.5 Å². The van der Waals surface area contributed by atoms with E-state index in [0.717, 1.165) is 12.1 Å². The van der Waals surface area contributed by atoms with Crippen LogP contribution < -0.4 is 5.32 Å². The van der Waals surface area contributed by atoms with E-state index in [9.17, 15) is 27.9 Å². The summed E-state index contributed by atoms with van der Waals surface area (Å²) in [7, 11) is 0. The van der Waals surface area contributed by atoms with Gasteiger partial charge in [-0.25, -0.2) is 4.79 Å². The Hall–Kier alpha value is -2.29. The summed E-state index contributed by atoms with van der Waals surface area (Å²) in [6, 6.07) is 3.86. The fourth-order valence-corrected chi connectivity index (χ4v) is 2.37. The predicted octanol–water partition coefficient (Wildman–Crippen LogP) is 1.76. The highest BCUT2D eigenvalue weighted by atomic mass is 19.4. The molecule has 0 aromatic heterocycles. The van der Waals surface area contributed by atoms with E-state index >= 15 is 0 Å². The van der Waals surface area contributed by atoms with Crippen molar-refractivity contribution in [1.82, 2.24) is 9.80 Å². The van der Waals surface area contributed by atoms with E-state index in [1.807, 2.05) is 0 Å². The average molecular weight is 345 g/mol. The molecule has 0 bridgehead atoms. The van der Waals surface area contributed by atoms with E-state index < -0.39 is 29.8 Å². The van der Waals surface area contributed by atoms with E-state index in [1.54, 1.807) is 0 Å². The molecule has 1 saturated heterocycles. The zero-order valence-electron chi connectivity index (χ0n) is 13.0. The lowest BCUT2D eigenvalue weighted by molar-refractivity contribution is -0.140. The van der Waals surface area contributed by atoms with Crippen molar-refractivity contribution in [1.29, 1.82) is 0 Å². The van der Waals surface area contributed by atoms with Crippen molar-refractivity contribution in [3.8, 4) is 0 Å². The Morgan fingerprint density at radius 1 is 1.17 bits per heavy atom. The van der Waals surface area contributed by atoms with Gasteiger partial charge in [-0.1, -0.05) is 6.07 Å². The maximum Gasteiger partial charge on any atom is 0.416 e. The molecule has 1 aliphatic heterocycles. The van der Waals surface area contributed by atoms with Gasteiger partial charge < -0.3 is 20.2 Å². The molecule has 1 atom stereocenters. The minimum absolute atomic E-state index is 0.0531. The van der Waals surface area contributed by atoms with Gasteiger partial charge in [0.15, 0.2) is 0 Å². The highest BCUT2D eigenvalue weighted by Crippen LogP contribution is 2.30. The van der Waals surface area contributed by atoms with Gasteiger partial charge in [-0.05, 0) is 25.1 Å². The van der Waals surface area contributed by atoms with Gasteiger partial charge in [0, 0.05) is 31.9 Å². The summed E-state index contributed by atoms with van der Waals surface area (Å²) >= 11 is 0. The quantitative estimate of drug-likeness (QED) is 0.858. The smallest absolute Gasteiger partial charge is 0.384 e. The topological polar surface area (TPSA) is 72.9 Å². The van der Waals surface area contributed by atoms with Crippen LogP contribution in [-0.2, 0) is 11.0 Å². The highest BCUT2D eigenvalue weighted by molar-refractivity contribution is 5.89. The molecule has 2 N–H and O–H groups in total. The van der Waals surface area contributed by atoms with Gasteiger partial charge in [0.05, 0.1) is 5.56 Å². The van der Waals surface area contributed by atoms with Crippen molar-refractivity contribution in [3.05, 3.63) is 29.8 Å². The molecule has 1 aliphatic rings. The number of nitrogens with zero attached hydrogens (tertiary/aromatic N) is 2. The first-order valence-electron chi connectivity index (χ1n) is 7.38. The fourth-order valence-electron chi connectivity index (χ4n) is 2.37. The molecule has 1 aromatic rings. The number of hydrogen-bond donors (Lipinski definition) is 2. The average Bonchev–Trinajstić information content (AvgIpc) is 2.53. The Balaban J connectivity index is 1.94. The highest BCUT2D eigenvalue weighted by Gasteiger charge is 2.31. The minimum atomic E-state index is -4.48. The summed E-state index contributed by atoms with van der Waals surface area (Å²) in [6.07, 6.45) is -5.58.